The van der Waals surface area contributed by atoms with Gasteiger partial charge >= 0.3 is 18.5 Å². The second-order valence-electron chi connectivity index (χ2n) is 18.3. The van der Waals surface area contributed by atoms with Crippen molar-refractivity contribution in [3.63, 3.8) is 0 Å². The number of hydrogen-bond acceptors (Lipinski definition) is 8. The second kappa shape index (κ2) is 16.2. The molecule has 8 amide bonds. The van der Waals surface area contributed by atoms with Gasteiger partial charge in [0.15, 0.2) is 23.9 Å². The van der Waals surface area contributed by atoms with Crippen LogP contribution in [0.1, 0.15) is 38.5 Å². The van der Waals surface area contributed by atoms with Crippen LogP contribution in [0.4, 0.5) is 70.2 Å². The Morgan fingerprint density at radius 2 is 0.662 bits per heavy atom. The minimum Gasteiger partial charge on any atom is -0.274 e. The largest absolute Gasteiger partial charge is 0.403 e. The summed E-state index contributed by atoms with van der Waals surface area (Å²) < 4.78 is 246. The van der Waals surface area contributed by atoms with Crippen molar-refractivity contribution in [2.75, 3.05) is 0 Å². The van der Waals surface area contributed by atoms with E-state index in [9.17, 15) is 51.5 Å². The Kier molecular flexibility index (Phi) is 11.8. The Balaban J connectivity index is 1.10. The molecule has 0 spiro atoms. The van der Waals surface area contributed by atoms with Crippen molar-refractivity contribution >= 4 is 47.3 Å². The first-order valence-corrected chi connectivity index (χ1v) is 21.0. The lowest BCUT2D eigenvalue weighted by Crippen LogP contribution is -2.70. The Labute approximate surface area is 371 Å². The molecule has 4 saturated carbocycles. The van der Waals surface area contributed by atoms with Gasteiger partial charge in [0.05, 0.1) is 23.7 Å². The highest BCUT2D eigenvalue weighted by molar-refractivity contribution is 6.14. The third-order valence-electron chi connectivity index (χ3n) is 15.3. The molecule has 8 rings (SSSR count). The van der Waals surface area contributed by atoms with Gasteiger partial charge < -0.3 is 0 Å². The fraction of sp³-hybridized carbons (Fsp3) is 0.700. The summed E-state index contributed by atoms with van der Waals surface area (Å²) in [4.78, 5) is 103. The topological polar surface area (TPSA) is 150 Å². The predicted molar refractivity (Wildman–Crippen MR) is 188 cm³/mol. The number of rotatable bonds is 6. The number of alkyl halides is 16. The van der Waals surface area contributed by atoms with Crippen LogP contribution in [0.5, 0.6) is 0 Å². The van der Waals surface area contributed by atoms with Crippen LogP contribution in [-0.4, -0.2) is 153 Å². The molecule has 0 aromatic carbocycles. The zero-order valence-electron chi connectivity index (χ0n) is 34.0. The van der Waals surface area contributed by atoms with Crippen LogP contribution in [0.25, 0.3) is 0 Å². The summed E-state index contributed by atoms with van der Waals surface area (Å²) >= 11 is 0. The van der Waals surface area contributed by atoms with Gasteiger partial charge in [0.1, 0.15) is 54.8 Å². The van der Waals surface area contributed by atoms with Gasteiger partial charge in [-0.15, -0.1) is 0 Å². The minimum atomic E-state index is -6.42. The van der Waals surface area contributed by atoms with Crippen molar-refractivity contribution in [2.45, 2.75) is 124 Å². The van der Waals surface area contributed by atoms with E-state index in [4.69, 9.17) is 0 Å². The Morgan fingerprint density at radius 1 is 0.368 bits per heavy atom. The van der Waals surface area contributed by atoms with E-state index in [2.05, 4.69) is 0 Å². The van der Waals surface area contributed by atoms with Crippen molar-refractivity contribution in [3.05, 3.63) is 24.3 Å². The van der Waals surface area contributed by atoms with Gasteiger partial charge in [-0.2, -0.15) is 39.5 Å². The number of carbonyl (C=O) groups excluding carboxylic acids is 8. The van der Waals surface area contributed by atoms with E-state index < -0.39 is 223 Å². The normalized spacial score (nSPS) is 41.8. The molecule has 18 unspecified atom stereocenters. The van der Waals surface area contributed by atoms with Crippen molar-refractivity contribution in [1.82, 2.24) is 19.6 Å². The minimum absolute atomic E-state index is 0.153. The summed E-state index contributed by atoms with van der Waals surface area (Å²) in [5.41, 5.74) is -5.01. The van der Waals surface area contributed by atoms with E-state index in [1.807, 2.05) is 0 Å². The van der Waals surface area contributed by atoms with Crippen LogP contribution in [0.15, 0.2) is 24.3 Å². The molecule has 12 nitrogen and oxygen atoms in total. The van der Waals surface area contributed by atoms with Gasteiger partial charge in [-0.25, -0.2) is 30.7 Å². The smallest absolute Gasteiger partial charge is 0.274 e. The average Bonchev–Trinajstić information content (AvgIpc) is 3.90. The summed E-state index contributed by atoms with van der Waals surface area (Å²) in [6, 6.07) is -12.3. The first-order valence-electron chi connectivity index (χ1n) is 21.0. The number of hydrogen-bond donors (Lipinski definition) is 0. The molecular weight excluding hydrogens is 968 g/mol. The molecule has 0 radical (unpaired) electrons. The van der Waals surface area contributed by atoms with Gasteiger partial charge in [-0.1, -0.05) is 0 Å². The van der Waals surface area contributed by atoms with Crippen LogP contribution < -0.4 is 0 Å². The lowest BCUT2D eigenvalue weighted by molar-refractivity contribution is -0.383. The van der Waals surface area contributed by atoms with E-state index in [-0.39, 0.29) is 14.7 Å². The van der Waals surface area contributed by atoms with Crippen molar-refractivity contribution in [2.24, 2.45) is 46.8 Å². The van der Waals surface area contributed by atoms with Crippen LogP contribution >= 0.6 is 0 Å². The molecule has 8 aliphatic rings. The van der Waals surface area contributed by atoms with E-state index >= 15 is 57.1 Å². The number of nitrogens with zero attached hydrogens (tertiary/aromatic N) is 4. The summed E-state index contributed by atoms with van der Waals surface area (Å²) in [5, 5.41) is 0. The summed E-state index contributed by atoms with van der Waals surface area (Å²) in [6.45, 7) is 0. The van der Waals surface area contributed by atoms with Gasteiger partial charge in [0.25, 0.3) is 23.6 Å². The number of fused-ring (bicyclic) bond motifs is 2. The SMILES string of the molecule is O=C1C=CC(=O)N1C1C(F)C(F)C(F)C(N2C(=O)C3CCC(C(C4CCC5C(=O)N(C6C(F)C(N7C(=O)C=CC7=O)C(F)C(C(F)(F)F)C6F)C(=O)C5C4)(C(F)(F)F)C(F)(F)F)CC3C2=O)C1F. The molecule has 0 aromatic heterocycles. The van der Waals surface area contributed by atoms with Crippen molar-refractivity contribution in [3.8, 4) is 0 Å². The van der Waals surface area contributed by atoms with Crippen molar-refractivity contribution < 1.29 is 109 Å². The maximum absolute atomic E-state index is 16.4. The van der Waals surface area contributed by atoms with Gasteiger partial charge in [0.2, 0.25) is 23.6 Å². The highest BCUT2D eigenvalue weighted by atomic mass is 19.4. The van der Waals surface area contributed by atoms with E-state index in [1.54, 1.807) is 0 Å². The van der Waals surface area contributed by atoms with Gasteiger partial charge in [0, 0.05) is 24.3 Å². The molecule has 68 heavy (non-hydrogen) atoms. The monoisotopic (exact) mass is 1000 g/mol. The highest BCUT2D eigenvalue weighted by Crippen LogP contribution is 2.67. The van der Waals surface area contributed by atoms with Crippen LogP contribution in [0.2, 0.25) is 0 Å². The second-order valence-corrected chi connectivity index (χ2v) is 18.3. The number of halogens is 16. The molecule has 6 fully saturated rings. The molecule has 374 valence electrons. The van der Waals surface area contributed by atoms with Crippen LogP contribution in [0, 0.1) is 46.8 Å². The summed E-state index contributed by atoms with van der Waals surface area (Å²) in [7, 11) is 0. The lowest BCUT2D eigenvalue weighted by Gasteiger charge is -2.52. The zero-order chi connectivity index (χ0) is 50.4. The molecular formula is C40H34F16N4O8. The lowest BCUT2D eigenvalue weighted by atomic mass is 9.54. The third-order valence-corrected chi connectivity index (χ3v) is 15.3. The molecule has 4 heterocycles. The maximum atomic E-state index is 16.4. The number of likely N-dealkylation sites (tertiary alicyclic amines) is 2. The summed E-state index contributed by atoms with van der Waals surface area (Å²) in [6.07, 6.45) is -49.5. The van der Waals surface area contributed by atoms with Crippen molar-refractivity contribution in [1.29, 1.82) is 0 Å². The van der Waals surface area contributed by atoms with Gasteiger partial charge in [-0.05, 0) is 50.4 Å². The highest BCUT2D eigenvalue weighted by Gasteiger charge is 2.79. The summed E-state index contributed by atoms with van der Waals surface area (Å²) in [5.74, 6) is -31.3. The van der Waals surface area contributed by atoms with Crippen LogP contribution in [0.3, 0.4) is 0 Å². The first-order chi connectivity index (χ1) is 31.4. The number of amides is 8. The molecule has 28 heteroatoms. The Morgan fingerprint density at radius 3 is 0.985 bits per heavy atom. The Bertz CT molecular complexity index is 2220. The molecule has 18 atom stereocenters. The quantitative estimate of drug-likeness (QED) is 0.273. The van der Waals surface area contributed by atoms with E-state index in [1.165, 1.54) is 0 Å². The fourth-order valence-corrected chi connectivity index (χ4v) is 12.4. The molecule has 0 N–H and O–H groups in total. The maximum Gasteiger partial charge on any atom is 0.403 e. The average molecular weight is 1000 g/mol. The molecule has 4 aliphatic heterocycles. The predicted octanol–water partition coefficient (Wildman–Crippen LogP) is 4.80. The first kappa shape index (κ1) is 49.3. The zero-order valence-corrected chi connectivity index (χ0v) is 34.0. The number of imide groups is 4. The fourth-order valence-electron chi connectivity index (χ4n) is 12.4. The number of carbonyl (C=O) groups is 8. The molecule has 0 aromatic rings. The Hall–Kier alpha value is -5.08. The standard InChI is InChI=1S/C40H34F16N4O8/c41-22-21(38(48,49)50)23(42)30(27(46)29(22)57-17(61)5-6-18(57)62)59-33(65)13-3-1-11(9-15(13)35(59)67)37(39(51,52)53,40(54,55)56)12-2-4-14-16(10-12)36(68)60(34(14)66)32-26(45)24(43)25(44)31(28(32)47)58-19(63)7-8-20(58)64/h5-8,11-16,21-32H,1-4,9-10H2. The molecule has 4 aliphatic carbocycles. The van der Waals surface area contributed by atoms with Crippen LogP contribution in [-0.2, 0) is 38.4 Å². The molecule has 2 saturated heterocycles. The third kappa shape index (κ3) is 6.83. The van der Waals surface area contributed by atoms with E-state index in [0.29, 0.717) is 24.3 Å². The van der Waals surface area contributed by atoms with Gasteiger partial charge in [-0.3, -0.25) is 58.0 Å². The molecule has 0 bridgehead atoms. The van der Waals surface area contributed by atoms with E-state index in [0.717, 1.165) is 0 Å².